The van der Waals surface area contributed by atoms with Crippen LogP contribution in [0.15, 0.2) is 36.4 Å². The van der Waals surface area contributed by atoms with E-state index in [2.05, 4.69) is 11.0 Å². The van der Waals surface area contributed by atoms with Crippen LogP contribution < -0.4 is 14.4 Å². The predicted molar refractivity (Wildman–Crippen MR) is 86.7 cm³/mol. The monoisotopic (exact) mass is 310 g/mol. The molecule has 0 saturated carbocycles. The number of hydrogen-bond acceptors (Lipinski definition) is 5. The zero-order valence-electron chi connectivity index (χ0n) is 13.1. The fourth-order valence-corrected chi connectivity index (χ4v) is 3.02. The van der Waals surface area contributed by atoms with Crippen LogP contribution >= 0.6 is 0 Å². The Morgan fingerprint density at radius 3 is 2.35 bits per heavy atom. The van der Waals surface area contributed by atoms with Crippen LogP contribution in [0.2, 0.25) is 0 Å². The molecule has 118 valence electrons. The van der Waals surface area contributed by atoms with Crippen LogP contribution in [0.3, 0.4) is 0 Å². The lowest BCUT2D eigenvalue weighted by atomic mass is 9.94. The lowest BCUT2D eigenvalue weighted by Crippen LogP contribution is -2.34. The molecule has 5 nitrogen and oxygen atoms in total. The molecule has 0 saturated heterocycles. The average molecular weight is 310 g/mol. The van der Waals surface area contributed by atoms with Gasteiger partial charge in [-0.2, -0.15) is 5.26 Å². The molecule has 1 heterocycles. The van der Waals surface area contributed by atoms with Crippen LogP contribution in [-0.4, -0.2) is 25.9 Å². The van der Waals surface area contributed by atoms with Crippen LogP contribution in [-0.2, 0) is 6.54 Å². The van der Waals surface area contributed by atoms with Gasteiger partial charge in [0, 0.05) is 29.9 Å². The van der Waals surface area contributed by atoms with E-state index in [1.54, 1.807) is 26.4 Å². The number of ether oxygens (including phenoxy) is 2. The van der Waals surface area contributed by atoms with Gasteiger partial charge in [0.25, 0.3) is 0 Å². The molecule has 1 unspecified atom stereocenters. The minimum atomic E-state index is -0.667. The summed E-state index contributed by atoms with van der Waals surface area (Å²) in [6, 6.07) is 13.1. The number of nitriles is 1. The molecular formula is C18H18N2O3. The Labute approximate surface area is 135 Å². The lowest BCUT2D eigenvalue weighted by molar-refractivity contribution is 0.169. The van der Waals surface area contributed by atoms with Gasteiger partial charge >= 0.3 is 0 Å². The van der Waals surface area contributed by atoms with E-state index in [4.69, 9.17) is 14.7 Å². The first-order valence-electron chi connectivity index (χ1n) is 7.35. The van der Waals surface area contributed by atoms with Crippen molar-refractivity contribution in [3.05, 3.63) is 53.1 Å². The summed E-state index contributed by atoms with van der Waals surface area (Å²) in [4.78, 5) is 2.07. The van der Waals surface area contributed by atoms with Crippen molar-refractivity contribution < 1.29 is 14.6 Å². The number of β-amino-alcohol motifs (C(OH)–C–C–N with tert-alkyl or cyclic N) is 1. The number of aliphatic hydroxyl groups excluding tert-OH is 1. The molecule has 0 aliphatic carbocycles. The molecule has 5 heteroatoms. The quantitative estimate of drug-likeness (QED) is 0.944. The molecule has 2 aromatic carbocycles. The smallest absolute Gasteiger partial charge is 0.125 e. The van der Waals surface area contributed by atoms with Gasteiger partial charge in [-0.3, -0.25) is 0 Å². The van der Waals surface area contributed by atoms with Crippen LogP contribution in [0.4, 0.5) is 5.69 Å². The van der Waals surface area contributed by atoms with Gasteiger partial charge < -0.3 is 19.5 Å². The number of benzene rings is 2. The van der Waals surface area contributed by atoms with Crippen molar-refractivity contribution in [3.63, 3.8) is 0 Å². The molecule has 0 spiro atoms. The molecule has 1 N–H and O–H groups in total. The molecule has 0 bridgehead atoms. The van der Waals surface area contributed by atoms with E-state index in [1.165, 1.54) is 0 Å². The summed E-state index contributed by atoms with van der Waals surface area (Å²) < 4.78 is 10.8. The summed E-state index contributed by atoms with van der Waals surface area (Å²) in [6.45, 7) is 1.07. The maximum Gasteiger partial charge on any atom is 0.125 e. The molecule has 0 aromatic heterocycles. The molecule has 1 aliphatic rings. The van der Waals surface area contributed by atoms with Crippen molar-refractivity contribution in [3.8, 4) is 17.6 Å². The number of anilines is 1. The first-order valence-corrected chi connectivity index (χ1v) is 7.35. The highest BCUT2D eigenvalue weighted by atomic mass is 16.5. The average Bonchev–Trinajstić information content (AvgIpc) is 2.60. The molecule has 1 aliphatic heterocycles. The van der Waals surface area contributed by atoms with Crippen LogP contribution in [0, 0.1) is 11.3 Å². The third kappa shape index (κ3) is 2.69. The fourth-order valence-electron chi connectivity index (χ4n) is 3.02. The summed E-state index contributed by atoms with van der Waals surface area (Å²) in [5.74, 6) is 1.41. The highest BCUT2D eigenvalue weighted by Crippen LogP contribution is 2.40. The van der Waals surface area contributed by atoms with E-state index in [0.717, 1.165) is 22.6 Å². The zero-order valence-corrected chi connectivity index (χ0v) is 13.1. The molecule has 0 radical (unpaired) electrons. The number of methoxy groups -OCH3 is 2. The van der Waals surface area contributed by atoms with E-state index < -0.39 is 6.10 Å². The van der Waals surface area contributed by atoms with E-state index >= 15 is 0 Å². The maximum absolute atomic E-state index is 10.6. The zero-order chi connectivity index (χ0) is 16.4. The highest BCUT2D eigenvalue weighted by Gasteiger charge is 2.29. The minimum Gasteiger partial charge on any atom is -0.496 e. The fraction of sp³-hybridized carbons (Fsp3) is 0.278. The van der Waals surface area contributed by atoms with Gasteiger partial charge in [0.15, 0.2) is 0 Å². The molecular weight excluding hydrogens is 292 g/mol. The van der Waals surface area contributed by atoms with Crippen molar-refractivity contribution in [2.75, 3.05) is 25.7 Å². The summed E-state index contributed by atoms with van der Waals surface area (Å²) in [5, 5.41) is 19.5. The Balaban J connectivity index is 2.00. The van der Waals surface area contributed by atoms with Gasteiger partial charge in [-0.1, -0.05) is 0 Å². The van der Waals surface area contributed by atoms with Gasteiger partial charge in [0.1, 0.15) is 17.6 Å². The normalized spacial score (nSPS) is 16.4. The summed E-state index contributed by atoms with van der Waals surface area (Å²) >= 11 is 0. The predicted octanol–water partition coefficient (Wildman–Crippen LogP) is 2.63. The van der Waals surface area contributed by atoms with Crippen molar-refractivity contribution in [2.45, 2.75) is 12.6 Å². The van der Waals surface area contributed by atoms with Gasteiger partial charge in [0.2, 0.25) is 0 Å². The molecule has 23 heavy (non-hydrogen) atoms. The second-order valence-corrected chi connectivity index (χ2v) is 5.42. The van der Waals surface area contributed by atoms with E-state index in [-0.39, 0.29) is 0 Å². The number of fused-ring (bicyclic) bond motifs is 1. The van der Waals surface area contributed by atoms with Crippen LogP contribution in [0.5, 0.6) is 11.5 Å². The largest absolute Gasteiger partial charge is 0.496 e. The summed E-state index contributed by atoms with van der Waals surface area (Å²) in [5.41, 5.74) is 3.29. The minimum absolute atomic E-state index is 0.461. The first-order chi connectivity index (χ1) is 11.2. The third-order valence-electron chi connectivity index (χ3n) is 4.15. The lowest BCUT2D eigenvalue weighted by Gasteiger charge is -2.35. The van der Waals surface area contributed by atoms with Gasteiger partial charge in [-0.25, -0.2) is 0 Å². The Bertz CT molecular complexity index is 750. The van der Waals surface area contributed by atoms with E-state index in [0.29, 0.717) is 24.4 Å². The molecule has 1 atom stereocenters. The Hall–Kier alpha value is -2.71. The molecule has 2 aromatic rings. The third-order valence-corrected chi connectivity index (χ3v) is 4.15. The second-order valence-electron chi connectivity index (χ2n) is 5.42. The standard InChI is InChI=1S/C18H18N2O3/c1-22-16-7-8-17(23-2)18-14(16)10-20(11-15(18)21)13-5-3-12(9-19)4-6-13/h3-8,15,21H,10-11H2,1-2H3. The molecule has 0 amide bonds. The van der Waals surface area contributed by atoms with Crippen LogP contribution in [0.1, 0.15) is 22.8 Å². The van der Waals surface area contributed by atoms with Crippen molar-refractivity contribution in [2.24, 2.45) is 0 Å². The number of aliphatic hydroxyl groups is 1. The topological polar surface area (TPSA) is 65.7 Å². The number of nitrogens with zero attached hydrogens (tertiary/aromatic N) is 2. The molecule has 3 rings (SSSR count). The Morgan fingerprint density at radius 2 is 1.74 bits per heavy atom. The van der Waals surface area contributed by atoms with Gasteiger partial charge in [-0.15, -0.1) is 0 Å². The van der Waals surface area contributed by atoms with E-state index in [9.17, 15) is 5.11 Å². The van der Waals surface area contributed by atoms with E-state index in [1.807, 2.05) is 24.3 Å². The van der Waals surface area contributed by atoms with Crippen molar-refractivity contribution >= 4 is 5.69 Å². The second kappa shape index (κ2) is 6.19. The Morgan fingerprint density at radius 1 is 1.09 bits per heavy atom. The van der Waals surface area contributed by atoms with Gasteiger partial charge in [0.05, 0.1) is 25.9 Å². The molecule has 0 fully saturated rings. The van der Waals surface area contributed by atoms with Crippen LogP contribution in [0.25, 0.3) is 0 Å². The summed E-state index contributed by atoms with van der Waals surface area (Å²) in [7, 11) is 3.22. The summed E-state index contributed by atoms with van der Waals surface area (Å²) in [6.07, 6.45) is -0.667. The van der Waals surface area contributed by atoms with Crippen molar-refractivity contribution in [1.29, 1.82) is 5.26 Å². The number of hydrogen-bond donors (Lipinski definition) is 1. The van der Waals surface area contributed by atoms with Gasteiger partial charge in [-0.05, 0) is 36.4 Å². The highest BCUT2D eigenvalue weighted by molar-refractivity contribution is 5.58. The van der Waals surface area contributed by atoms with Crippen molar-refractivity contribution in [1.82, 2.24) is 0 Å². The Kier molecular flexibility index (Phi) is 4.09. The maximum atomic E-state index is 10.6. The first kappa shape index (κ1) is 15.2. The SMILES string of the molecule is COc1ccc(OC)c2c1CN(c1ccc(C#N)cc1)CC2O. The number of rotatable bonds is 3.